The van der Waals surface area contributed by atoms with Crippen LogP contribution in [0.15, 0.2) is 71.2 Å². The van der Waals surface area contributed by atoms with Gasteiger partial charge >= 0.3 is 0 Å². The van der Waals surface area contributed by atoms with E-state index in [2.05, 4.69) is 5.32 Å². The van der Waals surface area contributed by atoms with Gasteiger partial charge in [-0.3, -0.25) is 14.9 Å². The molecule has 0 aliphatic rings. The lowest BCUT2D eigenvalue weighted by Gasteiger charge is -2.01. The lowest BCUT2D eigenvalue weighted by molar-refractivity contribution is -0.384. The number of carbonyl (C=O) groups excluding carboxylic acids is 1. The molecule has 0 atom stereocenters. The Morgan fingerprint density at radius 2 is 1.92 bits per heavy atom. The van der Waals surface area contributed by atoms with Crippen molar-refractivity contribution in [2.24, 2.45) is 0 Å². The van der Waals surface area contributed by atoms with E-state index in [1.54, 1.807) is 54.6 Å². The van der Waals surface area contributed by atoms with E-state index in [9.17, 15) is 14.9 Å². The van der Waals surface area contributed by atoms with E-state index in [1.807, 2.05) is 0 Å². The number of nitrogens with one attached hydrogen (secondary N) is 1. The standard InChI is InChI=1S/C19H13ClN2O4/c20-13-4-3-5-14(12-13)21-19(23)11-9-15-8-10-18(26-15)16-6-1-2-7-17(16)22(24)25/h1-12H,(H,21,23)/b11-9+. The summed E-state index contributed by atoms with van der Waals surface area (Å²) in [4.78, 5) is 22.6. The average molecular weight is 369 g/mol. The van der Waals surface area contributed by atoms with Gasteiger partial charge in [-0.05, 0) is 42.5 Å². The zero-order valence-electron chi connectivity index (χ0n) is 13.4. The summed E-state index contributed by atoms with van der Waals surface area (Å²) in [7, 11) is 0. The van der Waals surface area contributed by atoms with Gasteiger partial charge in [0.25, 0.3) is 5.69 Å². The molecule has 0 fully saturated rings. The predicted molar refractivity (Wildman–Crippen MR) is 99.9 cm³/mol. The molecule has 0 unspecified atom stereocenters. The van der Waals surface area contributed by atoms with Crippen LogP contribution in [0.1, 0.15) is 5.76 Å². The van der Waals surface area contributed by atoms with Crippen molar-refractivity contribution in [1.29, 1.82) is 0 Å². The molecule has 130 valence electrons. The number of furan rings is 1. The Kier molecular flexibility index (Phi) is 5.15. The number of nitro groups is 1. The fraction of sp³-hybridized carbons (Fsp3) is 0. The molecule has 0 saturated heterocycles. The Bertz CT molecular complexity index is 994. The van der Waals surface area contributed by atoms with Crippen molar-refractivity contribution < 1.29 is 14.1 Å². The summed E-state index contributed by atoms with van der Waals surface area (Å²) in [5.41, 5.74) is 0.906. The van der Waals surface area contributed by atoms with Gasteiger partial charge in [-0.25, -0.2) is 0 Å². The van der Waals surface area contributed by atoms with Crippen LogP contribution < -0.4 is 5.32 Å². The quantitative estimate of drug-likeness (QED) is 0.383. The van der Waals surface area contributed by atoms with Gasteiger partial charge in [-0.1, -0.05) is 29.8 Å². The number of halogens is 1. The fourth-order valence-corrected chi connectivity index (χ4v) is 2.53. The first kappa shape index (κ1) is 17.4. The number of benzene rings is 2. The Morgan fingerprint density at radius 1 is 1.12 bits per heavy atom. The second kappa shape index (κ2) is 7.67. The molecule has 0 aliphatic heterocycles. The molecule has 1 aromatic heterocycles. The summed E-state index contributed by atoms with van der Waals surface area (Å²) >= 11 is 5.86. The summed E-state index contributed by atoms with van der Waals surface area (Å²) in [6.07, 6.45) is 2.79. The number of anilines is 1. The number of nitrogens with zero attached hydrogens (tertiary/aromatic N) is 1. The first-order chi connectivity index (χ1) is 12.5. The van der Waals surface area contributed by atoms with Gasteiger partial charge in [0.05, 0.1) is 10.5 Å². The topological polar surface area (TPSA) is 85.4 Å². The Labute approximate surface area is 153 Å². The van der Waals surface area contributed by atoms with Gasteiger partial charge in [-0.2, -0.15) is 0 Å². The molecule has 1 heterocycles. The lowest BCUT2D eigenvalue weighted by Crippen LogP contribution is -2.07. The first-order valence-corrected chi connectivity index (χ1v) is 7.99. The molecule has 1 amide bonds. The lowest BCUT2D eigenvalue weighted by atomic mass is 10.1. The summed E-state index contributed by atoms with van der Waals surface area (Å²) in [6, 6.07) is 16.3. The van der Waals surface area contributed by atoms with Crippen LogP contribution in [0.25, 0.3) is 17.4 Å². The van der Waals surface area contributed by atoms with Crippen molar-refractivity contribution in [2.45, 2.75) is 0 Å². The number of para-hydroxylation sites is 1. The zero-order chi connectivity index (χ0) is 18.5. The van der Waals surface area contributed by atoms with Crippen LogP contribution in [-0.4, -0.2) is 10.8 Å². The van der Waals surface area contributed by atoms with E-state index in [0.29, 0.717) is 27.8 Å². The molecule has 3 aromatic rings. The van der Waals surface area contributed by atoms with Crippen LogP contribution in [-0.2, 0) is 4.79 Å². The zero-order valence-corrected chi connectivity index (χ0v) is 14.1. The van der Waals surface area contributed by atoms with Crippen molar-refractivity contribution in [2.75, 3.05) is 5.32 Å². The number of amides is 1. The van der Waals surface area contributed by atoms with Crippen LogP contribution in [0.4, 0.5) is 11.4 Å². The van der Waals surface area contributed by atoms with E-state index in [1.165, 1.54) is 18.2 Å². The molecule has 6 nitrogen and oxygen atoms in total. The number of carbonyl (C=O) groups is 1. The maximum absolute atomic E-state index is 11.9. The van der Waals surface area contributed by atoms with Gasteiger partial charge in [0.1, 0.15) is 11.5 Å². The minimum Gasteiger partial charge on any atom is -0.456 e. The minimum absolute atomic E-state index is 0.0453. The SMILES string of the molecule is O=C(/C=C/c1ccc(-c2ccccc2[N+](=O)[O-])o1)Nc1cccc(Cl)c1. The van der Waals surface area contributed by atoms with Crippen molar-refractivity contribution in [3.63, 3.8) is 0 Å². The molecule has 3 rings (SSSR count). The van der Waals surface area contributed by atoms with Crippen molar-refractivity contribution in [1.82, 2.24) is 0 Å². The van der Waals surface area contributed by atoms with Gasteiger partial charge in [0.2, 0.25) is 5.91 Å². The summed E-state index contributed by atoms with van der Waals surface area (Å²) in [6.45, 7) is 0. The third-order valence-electron chi connectivity index (χ3n) is 3.48. The molecular weight excluding hydrogens is 356 g/mol. The first-order valence-electron chi connectivity index (χ1n) is 7.61. The molecule has 7 heteroatoms. The highest BCUT2D eigenvalue weighted by atomic mass is 35.5. The van der Waals surface area contributed by atoms with Crippen LogP contribution in [0.5, 0.6) is 0 Å². The number of nitro benzene ring substituents is 1. The summed E-state index contributed by atoms with van der Waals surface area (Å²) < 4.78 is 5.59. The molecule has 2 aromatic carbocycles. The Balaban J connectivity index is 1.73. The van der Waals surface area contributed by atoms with Crippen molar-refractivity contribution in [3.05, 3.63) is 87.6 Å². The van der Waals surface area contributed by atoms with Gasteiger partial charge in [0.15, 0.2) is 0 Å². The van der Waals surface area contributed by atoms with E-state index < -0.39 is 4.92 Å². The second-order valence-corrected chi connectivity index (χ2v) is 5.75. The van der Waals surface area contributed by atoms with Gasteiger partial charge in [0, 0.05) is 22.9 Å². The number of hydrogen-bond donors (Lipinski definition) is 1. The highest BCUT2D eigenvalue weighted by Crippen LogP contribution is 2.31. The Morgan fingerprint density at radius 3 is 2.69 bits per heavy atom. The monoisotopic (exact) mass is 368 g/mol. The van der Waals surface area contributed by atoms with Crippen LogP contribution in [0, 0.1) is 10.1 Å². The largest absolute Gasteiger partial charge is 0.456 e. The molecule has 0 spiro atoms. The fourth-order valence-electron chi connectivity index (χ4n) is 2.34. The van der Waals surface area contributed by atoms with Crippen LogP contribution in [0.2, 0.25) is 5.02 Å². The molecule has 0 radical (unpaired) electrons. The molecule has 1 N–H and O–H groups in total. The highest BCUT2D eigenvalue weighted by molar-refractivity contribution is 6.30. The third kappa shape index (κ3) is 4.17. The Hall–Kier alpha value is -3.38. The van der Waals surface area contributed by atoms with Crippen molar-refractivity contribution in [3.8, 4) is 11.3 Å². The maximum atomic E-state index is 11.9. The highest BCUT2D eigenvalue weighted by Gasteiger charge is 2.16. The molecule has 26 heavy (non-hydrogen) atoms. The summed E-state index contributed by atoms with van der Waals surface area (Å²) in [5, 5.41) is 14.3. The molecular formula is C19H13ClN2O4. The summed E-state index contributed by atoms with van der Waals surface area (Å²) in [5.74, 6) is 0.405. The van der Waals surface area contributed by atoms with Crippen LogP contribution in [0.3, 0.4) is 0 Å². The van der Waals surface area contributed by atoms with E-state index in [0.717, 1.165) is 0 Å². The molecule has 0 aliphatic carbocycles. The predicted octanol–water partition coefficient (Wildman–Crippen LogP) is 5.16. The number of hydrogen-bond acceptors (Lipinski definition) is 4. The van der Waals surface area contributed by atoms with E-state index in [4.69, 9.17) is 16.0 Å². The van der Waals surface area contributed by atoms with Gasteiger partial charge in [-0.15, -0.1) is 0 Å². The minimum atomic E-state index is -0.466. The van der Waals surface area contributed by atoms with E-state index >= 15 is 0 Å². The number of rotatable bonds is 5. The molecule has 0 saturated carbocycles. The average Bonchev–Trinajstić information content (AvgIpc) is 3.09. The maximum Gasteiger partial charge on any atom is 0.280 e. The van der Waals surface area contributed by atoms with Crippen LogP contribution >= 0.6 is 11.6 Å². The van der Waals surface area contributed by atoms with Crippen molar-refractivity contribution >= 4 is 35.0 Å². The smallest absolute Gasteiger partial charge is 0.280 e. The van der Waals surface area contributed by atoms with Gasteiger partial charge < -0.3 is 9.73 Å². The normalized spacial score (nSPS) is 10.8. The van der Waals surface area contributed by atoms with E-state index in [-0.39, 0.29) is 11.6 Å². The second-order valence-electron chi connectivity index (χ2n) is 5.31. The third-order valence-corrected chi connectivity index (χ3v) is 3.72. The molecule has 0 bridgehead atoms.